The lowest BCUT2D eigenvalue weighted by Crippen LogP contribution is -2.12. The van der Waals surface area contributed by atoms with Gasteiger partial charge in [-0.3, -0.25) is 0 Å². The molecular formula is C11H18N2S. The Morgan fingerprint density at radius 2 is 2.29 bits per heavy atom. The van der Waals surface area contributed by atoms with Gasteiger partial charge in [-0.15, -0.1) is 11.8 Å². The Balaban J connectivity index is 2.59. The van der Waals surface area contributed by atoms with Crippen LogP contribution in [-0.2, 0) is 0 Å². The molecule has 0 fully saturated rings. The van der Waals surface area contributed by atoms with Crippen molar-refractivity contribution in [2.24, 2.45) is 0 Å². The van der Waals surface area contributed by atoms with Crippen molar-refractivity contribution in [3.05, 3.63) is 23.9 Å². The quantitative estimate of drug-likeness (QED) is 0.756. The molecule has 3 heteroatoms. The third-order valence-electron chi connectivity index (χ3n) is 2.15. The third kappa shape index (κ3) is 3.31. The minimum atomic E-state index is 0.382. The monoisotopic (exact) mass is 210 g/mol. The standard InChI is InChI=1S/C11H18N2S/c1-4-7-14-11-6-5-10(8-13-11)9(2)12-3/h5-6,8-9,12H,4,7H2,1-3H3. The van der Waals surface area contributed by atoms with Crippen LogP contribution in [0.4, 0.5) is 0 Å². The van der Waals surface area contributed by atoms with E-state index in [0.29, 0.717) is 6.04 Å². The summed E-state index contributed by atoms with van der Waals surface area (Å²) in [7, 11) is 1.96. The molecule has 1 aromatic rings. The number of hydrogen-bond donors (Lipinski definition) is 1. The Morgan fingerprint density at radius 1 is 1.50 bits per heavy atom. The lowest BCUT2D eigenvalue weighted by molar-refractivity contribution is 0.648. The molecule has 0 spiro atoms. The molecule has 0 aromatic carbocycles. The van der Waals surface area contributed by atoms with E-state index >= 15 is 0 Å². The van der Waals surface area contributed by atoms with Gasteiger partial charge in [0.2, 0.25) is 0 Å². The molecule has 0 aliphatic heterocycles. The van der Waals surface area contributed by atoms with Crippen molar-refractivity contribution in [3.8, 4) is 0 Å². The normalized spacial score (nSPS) is 12.8. The van der Waals surface area contributed by atoms with E-state index in [4.69, 9.17) is 0 Å². The van der Waals surface area contributed by atoms with Gasteiger partial charge in [0.05, 0.1) is 5.03 Å². The van der Waals surface area contributed by atoms with Gasteiger partial charge in [-0.1, -0.05) is 13.0 Å². The molecule has 1 rings (SSSR count). The van der Waals surface area contributed by atoms with Crippen LogP contribution in [0.5, 0.6) is 0 Å². The number of nitrogens with one attached hydrogen (secondary N) is 1. The van der Waals surface area contributed by atoms with Gasteiger partial charge in [0.1, 0.15) is 0 Å². The van der Waals surface area contributed by atoms with Gasteiger partial charge in [-0.25, -0.2) is 4.98 Å². The number of aromatic nitrogens is 1. The molecule has 0 radical (unpaired) electrons. The fourth-order valence-electron chi connectivity index (χ4n) is 1.11. The molecule has 14 heavy (non-hydrogen) atoms. The van der Waals surface area contributed by atoms with Crippen LogP contribution in [0.15, 0.2) is 23.4 Å². The average molecular weight is 210 g/mol. The Bertz CT molecular complexity index is 258. The second kappa shape index (κ2) is 6.04. The van der Waals surface area contributed by atoms with Crippen molar-refractivity contribution >= 4 is 11.8 Å². The Morgan fingerprint density at radius 3 is 2.79 bits per heavy atom. The first kappa shape index (κ1) is 11.5. The van der Waals surface area contributed by atoms with Crippen LogP contribution in [0.25, 0.3) is 0 Å². The van der Waals surface area contributed by atoms with Crippen molar-refractivity contribution in [3.63, 3.8) is 0 Å². The fourth-order valence-corrected chi connectivity index (χ4v) is 1.81. The minimum Gasteiger partial charge on any atom is -0.313 e. The predicted octanol–water partition coefficient (Wildman–Crippen LogP) is 2.86. The molecule has 0 bridgehead atoms. The van der Waals surface area contributed by atoms with Crippen molar-refractivity contribution in [1.29, 1.82) is 0 Å². The van der Waals surface area contributed by atoms with E-state index in [2.05, 4.69) is 36.3 Å². The Hall–Kier alpha value is -0.540. The summed E-state index contributed by atoms with van der Waals surface area (Å²) in [6.45, 7) is 4.32. The van der Waals surface area contributed by atoms with Gasteiger partial charge in [-0.05, 0) is 37.8 Å². The van der Waals surface area contributed by atoms with E-state index < -0.39 is 0 Å². The van der Waals surface area contributed by atoms with Gasteiger partial charge in [0, 0.05) is 12.2 Å². The van der Waals surface area contributed by atoms with Crippen LogP contribution in [-0.4, -0.2) is 17.8 Å². The van der Waals surface area contributed by atoms with Crippen LogP contribution in [0.2, 0.25) is 0 Å². The second-order valence-electron chi connectivity index (χ2n) is 3.29. The summed E-state index contributed by atoms with van der Waals surface area (Å²) in [4.78, 5) is 4.41. The zero-order valence-corrected chi connectivity index (χ0v) is 9.90. The highest BCUT2D eigenvalue weighted by molar-refractivity contribution is 7.99. The first-order chi connectivity index (χ1) is 6.77. The van der Waals surface area contributed by atoms with Crippen LogP contribution < -0.4 is 5.32 Å². The second-order valence-corrected chi connectivity index (χ2v) is 4.40. The number of rotatable bonds is 5. The minimum absolute atomic E-state index is 0.382. The van der Waals surface area contributed by atoms with Gasteiger partial charge < -0.3 is 5.32 Å². The lowest BCUT2D eigenvalue weighted by atomic mass is 10.1. The van der Waals surface area contributed by atoms with E-state index in [1.54, 1.807) is 0 Å². The molecule has 78 valence electrons. The molecule has 2 nitrogen and oxygen atoms in total. The number of pyridine rings is 1. The molecule has 1 heterocycles. The molecule has 1 atom stereocenters. The molecule has 0 aliphatic rings. The summed E-state index contributed by atoms with van der Waals surface area (Å²) in [6, 6.07) is 4.63. The molecular weight excluding hydrogens is 192 g/mol. The maximum Gasteiger partial charge on any atom is 0.0960 e. The largest absolute Gasteiger partial charge is 0.313 e. The van der Waals surface area contributed by atoms with Gasteiger partial charge in [-0.2, -0.15) is 0 Å². The van der Waals surface area contributed by atoms with E-state index in [1.165, 1.54) is 12.0 Å². The Labute approximate surface area is 90.5 Å². The van der Waals surface area contributed by atoms with Crippen molar-refractivity contribution in [2.45, 2.75) is 31.3 Å². The predicted molar refractivity (Wildman–Crippen MR) is 62.7 cm³/mol. The zero-order valence-electron chi connectivity index (χ0n) is 9.08. The summed E-state index contributed by atoms with van der Waals surface area (Å²) in [5.74, 6) is 1.15. The molecule has 0 saturated carbocycles. The van der Waals surface area contributed by atoms with E-state index in [0.717, 1.165) is 10.8 Å². The van der Waals surface area contributed by atoms with E-state index in [-0.39, 0.29) is 0 Å². The van der Waals surface area contributed by atoms with Crippen LogP contribution in [0.3, 0.4) is 0 Å². The van der Waals surface area contributed by atoms with E-state index in [9.17, 15) is 0 Å². The van der Waals surface area contributed by atoms with Crippen LogP contribution >= 0.6 is 11.8 Å². The molecule has 0 aliphatic carbocycles. The van der Waals surface area contributed by atoms with E-state index in [1.807, 2.05) is 25.0 Å². The SMILES string of the molecule is CCCSc1ccc(C(C)NC)cn1. The number of nitrogens with zero attached hydrogens (tertiary/aromatic N) is 1. The molecule has 0 saturated heterocycles. The molecule has 1 aromatic heterocycles. The summed E-state index contributed by atoms with van der Waals surface area (Å²) in [5.41, 5.74) is 1.24. The van der Waals surface area contributed by atoms with Gasteiger partial charge >= 0.3 is 0 Å². The maximum absolute atomic E-state index is 4.41. The van der Waals surface area contributed by atoms with Crippen molar-refractivity contribution < 1.29 is 0 Å². The maximum atomic E-state index is 4.41. The Kier molecular flexibility index (Phi) is 4.98. The summed E-state index contributed by atoms with van der Waals surface area (Å²) in [6.07, 6.45) is 3.15. The van der Waals surface area contributed by atoms with Gasteiger partial charge in [0.25, 0.3) is 0 Å². The topological polar surface area (TPSA) is 24.9 Å². The summed E-state index contributed by atoms with van der Waals surface area (Å²) < 4.78 is 0. The van der Waals surface area contributed by atoms with Crippen LogP contribution in [0, 0.1) is 0 Å². The van der Waals surface area contributed by atoms with Crippen LogP contribution in [0.1, 0.15) is 31.9 Å². The summed E-state index contributed by atoms with van der Waals surface area (Å²) in [5, 5.41) is 4.32. The van der Waals surface area contributed by atoms with Gasteiger partial charge in [0.15, 0.2) is 0 Å². The smallest absolute Gasteiger partial charge is 0.0960 e. The first-order valence-electron chi connectivity index (χ1n) is 5.04. The molecule has 0 amide bonds. The first-order valence-corrected chi connectivity index (χ1v) is 6.02. The highest BCUT2D eigenvalue weighted by Crippen LogP contribution is 2.18. The molecule has 1 unspecified atom stereocenters. The highest BCUT2D eigenvalue weighted by Gasteiger charge is 2.02. The lowest BCUT2D eigenvalue weighted by Gasteiger charge is -2.09. The fraction of sp³-hybridized carbons (Fsp3) is 0.545. The number of thioether (sulfide) groups is 1. The van der Waals surface area contributed by atoms with Crippen molar-refractivity contribution in [1.82, 2.24) is 10.3 Å². The van der Waals surface area contributed by atoms with Crippen molar-refractivity contribution in [2.75, 3.05) is 12.8 Å². The third-order valence-corrected chi connectivity index (χ3v) is 3.30. The number of hydrogen-bond acceptors (Lipinski definition) is 3. The zero-order chi connectivity index (χ0) is 10.4. The molecule has 1 N–H and O–H groups in total. The average Bonchev–Trinajstić information content (AvgIpc) is 2.26. The summed E-state index contributed by atoms with van der Waals surface area (Å²) >= 11 is 1.82. The highest BCUT2D eigenvalue weighted by atomic mass is 32.2.